The highest BCUT2D eigenvalue weighted by atomic mass is 32.1. The predicted molar refractivity (Wildman–Crippen MR) is 78.0 cm³/mol. The van der Waals surface area contributed by atoms with Gasteiger partial charge in [-0.1, -0.05) is 13.0 Å². The van der Waals surface area contributed by atoms with Gasteiger partial charge in [0.05, 0.1) is 18.7 Å². The maximum absolute atomic E-state index is 12.4. The molecular weight excluding hydrogens is 274 g/mol. The molecule has 2 aliphatic rings. The zero-order valence-corrected chi connectivity index (χ0v) is 12.2. The molecule has 20 heavy (non-hydrogen) atoms. The summed E-state index contributed by atoms with van der Waals surface area (Å²) < 4.78 is 0. The van der Waals surface area contributed by atoms with Crippen molar-refractivity contribution in [2.75, 3.05) is 13.2 Å². The van der Waals surface area contributed by atoms with Crippen molar-refractivity contribution in [3.05, 3.63) is 35.3 Å². The van der Waals surface area contributed by atoms with Crippen molar-refractivity contribution in [2.45, 2.75) is 25.4 Å². The van der Waals surface area contributed by atoms with Crippen LogP contribution in [0.25, 0.3) is 5.57 Å². The maximum atomic E-state index is 12.4. The molecule has 1 aromatic heterocycles. The first-order valence-corrected chi connectivity index (χ1v) is 7.59. The molecule has 0 radical (unpaired) electrons. The van der Waals surface area contributed by atoms with Gasteiger partial charge >= 0.3 is 6.03 Å². The molecular formula is C14H17N3O2S. The molecule has 3 heterocycles. The van der Waals surface area contributed by atoms with Gasteiger partial charge < -0.3 is 4.90 Å². The van der Waals surface area contributed by atoms with Gasteiger partial charge in [-0.05, 0) is 12.5 Å². The van der Waals surface area contributed by atoms with Gasteiger partial charge in [0.2, 0.25) is 0 Å². The molecule has 0 N–H and O–H groups in total. The van der Waals surface area contributed by atoms with Gasteiger partial charge in [-0.2, -0.15) is 5.06 Å². The molecule has 3 rings (SSSR count). The molecule has 1 unspecified atom stereocenters. The van der Waals surface area contributed by atoms with Crippen molar-refractivity contribution in [3.8, 4) is 0 Å². The summed E-state index contributed by atoms with van der Waals surface area (Å²) >= 11 is 1.61. The number of aromatic nitrogens is 1. The van der Waals surface area contributed by atoms with Crippen LogP contribution < -0.4 is 0 Å². The molecule has 5 nitrogen and oxygen atoms in total. The first-order chi connectivity index (χ1) is 9.76. The Bertz CT molecular complexity index is 541. The normalized spacial score (nSPS) is 25.1. The van der Waals surface area contributed by atoms with E-state index in [4.69, 9.17) is 4.84 Å². The Hall–Kier alpha value is -1.66. The lowest BCUT2D eigenvalue weighted by molar-refractivity contribution is -0.107. The Kier molecular flexibility index (Phi) is 3.58. The number of hydrogen-bond donors (Lipinski definition) is 0. The highest BCUT2D eigenvalue weighted by Crippen LogP contribution is 2.36. The molecule has 1 aromatic rings. The highest BCUT2D eigenvalue weighted by molar-refractivity contribution is 7.10. The van der Waals surface area contributed by atoms with Crippen molar-refractivity contribution in [1.82, 2.24) is 14.9 Å². The molecule has 0 aliphatic carbocycles. The van der Waals surface area contributed by atoms with Crippen LogP contribution in [0.5, 0.6) is 0 Å². The lowest BCUT2D eigenvalue weighted by Crippen LogP contribution is -2.39. The summed E-state index contributed by atoms with van der Waals surface area (Å²) in [5.74, 6) is 0. The number of urea groups is 1. The van der Waals surface area contributed by atoms with Crippen LogP contribution in [0.4, 0.5) is 4.79 Å². The Morgan fingerprint density at radius 2 is 2.50 bits per heavy atom. The van der Waals surface area contributed by atoms with Crippen molar-refractivity contribution >= 4 is 22.9 Å². The molecule has 0 aromatic carbocycles. The smallest absolute Gasteiger partial charge is 0.313 e. The number of nitrogens with zero attached hydrogens (tertiary/aromatic N) is 3. The number of amides is 2. The van der Waals surface area contributed by atoms with E-state index in [0.717, 1.165) is 17.0 Å². The second kappa shape index (κ2) is 5.38. The van der Waals surface area contributed by atoms with Crippen LogP contribution in [-0.4, -0.2) is 46.2 Å². The first kappa shape index (κ1) is 13.3. The van der Waals surface area contributed by atoms with Crippen LogP contribution in [0, 0.1) is 0 Å². The Balaban J connectivity index is 1.93. The molecule has 0 spiro atoms. The lowest BCUT2D eigenvalue weighted by Gasteiger charge is -2.30. The Morgan fingerprint density at radius 3 is 3.15 bits per heavy atom. The minimum Gasteiger partial charge on any atom is -0.313 e. The number of carbonyl (C=O) groups excluding carboxylic acids is 1. The molecule has 0 saturated carbocycles. The lowest BCUT2D eigenvalue weighted by atomic mass is 9.97. The fourth-order valence-corrected chi connectivity index (χ4v) is 3.51. The standard InChI is InChI=1S/C14H17N3O2S/c1-3-6-19-17-10-8-11(13-15-5-7-20-13)12(4-2)16(9-10)14(17)18/h3,5,7-8,10,12H,1,4,6,9H2,2H3/t10?,12-/m1/s1. The van der Waals surface area contributed by atoms with Gasteiger partial charge in [-0.25, -0.2) is 9.78 Å². The van der Waals surface area contributed by atoms with E-state index in [1.807, 2.05) is 10.3 Å². The third-order valence-corrected chi connectivity index (χ3v) is 4.45. The average Bonchev–Trinajstić information content (AvgIpc) is 3.07. The largest absolute Gasteiger partial charge is 0.345 e. The van der Waals surface area contributed by atoms with E-state index in [-0.39, 0.29) is 18.1 Å². The van der Waals surface area contributed by atoms with Crippen molar-refractivity contribution in [2.24, 2.45) is 0 Å². The summed E-state index contributed by atoms with van der Waals surface area (Å²) in [6.07, 6.45) is 6.44. The molecule has 2 amide bonds. The van der Waals surface area contributed by atoms with Crippen molar-refractivity contribution in [1.29, 1.82) is 0 Å². The summed E-state index contributed by atoms with van der Waals surface area (Å²) in [5.41, 5.74) is 1.14. The van der Waals surface area contributed by atoms with Crippen LogP contribution in [0.15, 0.2) is 30.3 Å². The zero-order valence-electron chi connectivity index (χ0n) is 11.4. The molecule has 2 aliphatic heterocycles. The van der Waals surface area contributed by atoms with Crippen LogP contribution in [0.1, 0.15) is 18.4 Å². The van der Waals surface area contributed by atoms with Gasteiger partial charge in [0.1, 0.15) is 5.01 Å². The average molecular weight is 291 g/mol. The molecule has 1 fully saturated rings. The minimum atomic E-state index is -0.0634. The van der Waals surface area contributed by atoms with E-state index in [9.17, 15) is 4.79 Å². The Morgan fingerprint density at radius 1 is 1.65 bits per heavy atom. The van der Waals surface area contributed by atoms with E-state index in [2.05, 4.69) is 24.6 Å². The number of fused-ring (bicyclic) bond motifs is 2. The topological polar surface area (TPSA) is 45.7 Å². The fraction of sp³-hybridized carbons (Fsp3) is 0.429. The van der Waals surface area contributed by atoms with E-state index < -0.39 is 0 Å². The number of rotatable bonds is 5. The highest BCUT2D eigenvalue weighted by Gasteiger charge is 2.45. The second-order valence-electron chi connectivity index (χ2n) is 4.80. The first-order valence-electron chi connectivity index (χ1n) is 6.71. The molecule has 2 atom stereocenters. The summed E-state index contributed by atoms with van der Waals surface area (Å²) in [6, 6.07) is -0.0158. The van der Waals surface area contributed by atoms with Gasteiger partial charge in [-0.15, -0.1) is 17.9 Å². The van der Waals surface area contributed by atoms with Gasteiger partial charge in [0, 0.05) is 23.7 Å². The summed E-state index contributed by atoms with van der Waals surface area (Å²) in [7, 11) is 0. The molecule has 6 heteroatoms. The van der Waals surface area contributed by atoms with Crippen LogP contribution in [-0.2, 0) is 4.84 Å². The fourth-order valence-electron chi connectivity index (χ4n) is 2.79. The minimum absolute atomic E-state index is 0.0378. The molecule has 2 bridgehead atoms. The summed E-state index contributed by atoms with van der Waals surface area (Å²) in [6.45, 7) is 6.73. The maximum Gasteiger partial charge on any atom is 0.345 e. The quantitative estimate of drug-likeness (QED) is 0.783. The van der Waals surface area contributed by atoms with E-state index in [1.165, 1.54) is 5.06 Å². The van der Waals surface area contributed by atoms with Gasteiger partial charge in [0.15, 0.2) is 0 Å². The van der Waals surface area contributed by atoms with Crippen molar-refractivity contribution in [3.63, 3.8) is 0 Å². The number of carbonyl (C=O) groups is 1. The monoisotopic (exact) mass is 291 g/mol. The summed E-state index contributed by atoms with van der Waals surface area (Å²) in [4.78, 5) is 24.2. The van der Waals surface area contributed by atoms with Crippen LogP contribution >= 0.6 is 11.3 Å². The van der Waals surface area contributed by atoms with Crippen LogP contribution in [0.3, 0.4) is 0 Å². The van der Waals surface area contributed by atoms with Gasteiger partial charge in [-0.3, -0.25) is 4.84 Å². The third-order valence-electron chi connectivity index (χ3n) is 3.62. The third kappa shape index (κ3) is 2.05. The van der Waals surface area contributed by atoms with E-state index in [1.54, 1.807) is 23.6 Å². The van der Waals surface area contributed by atoms with Gasteiger partial charge in [0.25, 0.3) is 0 Å². The number of hydrogen-bond acceptors (Lipinski definition) is 4. The van der Waals surface area contributed by atoms with E-state index in [0.29, 0.717) is 13.2 Å². The zero-order chi connectivity index (χ0) is 14.1. The summed E-state index contributed by atoms with van der Waals surface area (Å²) in [5, 5.41) is 4.41. The predicted octanol–water partition coefficient (Wildman–Crippen LogP) is 2.54. The second-order valence-corrected chi connectivity index (χ2v) is 5.69. The Labute approximate surface area is 122 Å². The molecule has 106 valence electrons. The van der Waals surface area contributed by atoms with Crippen molar-refractivity contribution < 1.29 is 9.63 Å². The molecule has 1 saturated heterocycles. The van der Waals surface area contributed by atoms with E-state index >= 15 is 0 Å². The number of thiazole rings is 1. The number of hydroxylamine groups is 2. The van der Waals surface area contributed by atoms with Crippen LogP contribution in [0.2, 0.25) is 0 Å². The SMILES string of the molecule is C=CCON1C(=O)N2CC1C=C(c1nccs1)[C@H]2CC.